The molecule has 0 radical (unpaired) electrons. The van der Waals surface area contributed by atoms with E-state index in [1.807, 2.05) is 0 Å². The van der Waals surface area contributed by atoms with E-state index in [2.05, 4.69) is 0 Å². The van der Waals surface area contributed by atoms with Gasteiger partial charge in [-0.2, -0.15) is 0 Å². The monoisotopic (exact) mass is 226 g/mol. The molecule has 0 bridgehead atoms. The Balaban J connectivity index is 1.84. The summed E-state index contributed by atoms with van der Waals surface area (Å²) in [5.74, 6) is -0.886. The zero-order valence-electron chi connectivity index (χ0n) is 9.13. The Kier molecular flexibility index (Phi) is 3.54. The van der Waals surface area contributed by atoms with Crippen molar-refractivity contribution in [1.82, 2.24) is 0 Å². The lowest BCUT2D eigenvalue weighted by molar-refractivity contribution is 0.160. The van der Waals surface area contributed by atoms with Crippen LogP contribution in [0.4, 0.5) is 8.78 Å². The number of hydrogen-bond donors (Lipinski definition) is 1. The minimum atomic E-state index is -0.841. The van der Waals surface area contributed by atoms with Crippen LogP contribution in [0.1, 0.15) is 31.2 Å². The number of rotatable bonds is 5. The molecular weight excluding hydrogens is 210 g/mol. The van der Waals surface area contributed by atoms with Gasteiger partial charge < -0.3 is 5.11 Å². The molecule has 1 N–H and O–H groups in total. The number of aliphatic hydroxyl groups excluding tert-OH is 1. The quantitative estimate of drug-likeness (QED) is 0.818. The van der Waals surface area contributed by atoms with Crippen LogP contribution in [0.15, 0.2) is 18.2 Å². The third-order valence-electron chi connectivity index (χ3n) is 3.06. The van der Waals surface area contributed by atoms with E-state index < -0.39 is 17.7 Å². The topological polar surface area (TPSA) is 20.2 Å². The Bertz CT molecular complexity index is 361. The molecule has 0 aromatic heterocycles. The van der Waals surface area contributed by atoms with Gasteiger partial charge in [-0.25, -0.2) is 8.78 Å². The summed E-state index contributed by atoms with van der Waals surface area (Å²) >= 11 is 0. The van der Waals surface area contributed by atoms with E-state index in [-0.39, 0.29) is 0 Å². The molecule has 1 aromatic carbocycles. The fourth-order valence-corrected chi connectivity index (χ4v) is 1.88. The summed E-state index contributed by atoms with van der Waals surface area (Å²) in [4.78, 5) is 0. The minimum absolute atomic E-state index is 0.407. The van der Waals surface area contributed by atoms with Gasteiger partial charge >= 0.3 is 0 Å². The lowest BCUT2D eigenvalue weighted by Gasteiger charge is -2.10. The Morgan fingerprint density at radius 3 is 2.62 bits per heavy atom. The van der Waals surface area contributed by atoms with Crippen molar-refractivity contribution >= 4 is 0 Å². The first-order chi connectivity index (χ1) is 7.65. The first kappa shape index (κ1) is 11.5. The summed E-state index contributed by atoms with van der Waals surface area (Å²) in [6.45, 7) is 0. The zero-order valence-corrected chi connectivity index (χ0v) is 9.13. The highest BCUT2D eigenvalue weighted by Crippen LogP contribution is 2.34. The van der Waals surface area contributed by atoms with Crippen molar-refractivity contribution in [1.29, 1.82) is 0 Å². The highest BCUT2D eigenvalue weighted by molar-refractivity contribution is 5.18. The Hall–Kier alpha value is -0.960. The Morgan fingerprint density at radius 1 is 1.25 bits per heavy atom. The third-order valence-corrected chi connectivity index (χ3v) is 3.06. The summed E-state index contributed by atoms with van der Waals surface area (Å²) in [5.41, 5.74) is 0.655. The summed E-state index contributed by atoms with van der Waals surface area (Å²) < 4.78 is 25.6. The maximum absolute atomic E-state index is 12.9. The second-order valence-electron chi connectivity index (χ2n) is 4.63. The smallest absolute Gasteiger partial charge is 0.159 e. The highest BCUT2D eigenvalue weighted by Gasteiger charge is 2.22. The van der Waals surface area contributed by atoms with Crippen molar-refractivity contribution in [2.75, 3.05) is 0 Å². The first-order valence-electron chi connectivity index (χ1n) is 5.77. The van der Waals surface area contributed by atoms with E-state index in [1.54, 1.807) is 0 Å². The molecule has 1 unspecified atom stereocenters. The zero-order chi connectivity index (χ0) is 11.5. The molecule has 1 aromatic rings. The van der Waals surface area contributed by atoms with Crippen LogP contribution < -0.4 is 0 Å². The average Bonchev–Trinajstić information content (AvgIpc) is 3.04. The van der Waals surface area contributed by atoms with Gasteiger partial charge in [0.25, 0.3) is 0 Å². The van der Waals surface area contributed by atoms with Crippen LogP contribution in [-0.2, 0) is 6.42 Å². The maximum Gasteiger partial charge on any atom is 0.159 e. The lowest BCUT2D eigenvalue weighted by atomic mass is 10.0. The van der Waals surface area contributed by atoms with Crippen LogP contribution in [0.3, 0.4) is 0 Å². The Labute approximate surface area is 94.1 Å². The molecular formula is C13H16F2O. The van der Waals surface area contributed by atoms with Crippen molar-refractivity contribution in [3.8, 4) is 0 Å². The molecule has 0 amide bonds. The predicted octanol–water partition coefficient (Wildman–Crippen LogP) is 3.06. The average molecular weight is 226 g/mol. The van der Waals surface area contributed by atoms with Crippen molar-refractivity contribution in [3.63, 3.8) is 0 Å². The molecule has 3 heteroatoms. The van der Waals surface area contributed by atoms with Crippen LogP contribution >= 0.6 is 0 Å². The van der Waals surface area contributed by atoms with Gasteiger partial charge in [-0.1, -0.05) is 18.9 Å². The van der Waals surface area contributed by atoms with Crippen molar-refractivity contribution in [3.05, 3.63) is 35.4 Å². The van der Waals surface area contributed by atoms with Crippen LogP contribution in [0.25, 0.3) is 0 Å². The van der Waals surface area contributed by atoms with E-state index in [0.29, 0.717) is 12.0 Å². The SMILES string of the molecule is OC(CCC1CC1)Cc1ccc(F)c(F)c1. The molecule has 1 aliphatic carbocycles. The summed E-state index contributed by atoms with van der Waals surface area (Å²) in [5, 5.41) is 9.72. The normalized spacial score (nSPS) is 17.4. The van der Waals surface area contributed by atoms with E-state index in [1.165, 1.54) is 18.9 Å². The maximum atomic E-state index is 12.9. The molecule has 0 aliphatic heterocycles. The van der Waals surface area contributed by atoms with Crippen LogP contribution in [0.2, 0.25) is 0 Å². The molecule has 88 valence electrons. The van der Waals surface area contributed by atoms with Gasteiger partial charge in [0.05, 0.1) is 6.10 Å². The largest absolute Gasteiger partial charge is 0.393 e. The van der Waals surface area contributed by atoms with Gasteiger partial charge in [0.1, 0.15) is 0 Å². The number of halogens is 2. The van der Waals surface area contributed by atoms with E-state index in [4.69, 9.17) is 0 Å². The van der Waals surface area contributed by atoms with E-state index >= 15 is 0 Å². The second kappa shape index (κ2) is 4.91. The summed E-state index contributed by atoms with van der Waals surface area (Å²) in [6, 6.07) is 3.80. The molecule has 1 atom stereocenters. The predicted molar refractivity (Wildman–Crippen MR) is 58.0 cm³/mol. The van der Waals surface area contributed by atoms with Gasteiger partial charge in [-0.15, -0.1) is 0 Å². The first-order valence-corrected chi connectivity index (χ1v) is 5.77. The fourth-order valence-electron chi connectivity index (χ4n) is 1.88. The molecule has 0 spiro atoms. The van der Waals surface area contributed by atoms with Gasteiger partial charge in [0, 0.05) is 0 Å². The van der Waals surface area contributed by atoms with Gasteiger partial charge in [-0.05, 0) is 42.9 Å². The number of hydrogen-bond acceptors (Lipinski definition) is 1. The van der Waals surface area contributed by atoms with Gasteiger partial charge in [-0.3, -0.25) is 0 Å². The lowest BCUT2D eigenvalue weighted by Crippen LogP contribution is -2.10. The van der Waals surface area contributed by atoms with Crippen molar-refractivity contribution < 1.29 is 13.9 Å². The number of aliphatic hydroxyl groups is 1. The summed E-state index contributed by atoms with van der Waals surface area (Å²) in [7, 11) is 0. The molecule has 1 fully saturated rings. The standard InChI is InChI=1S/C13H16F2O/c14-12-6-4-10(8-13(12)15)7-11(16)5-3-9-1-2-9/h4,6,8-9,11,16H,1-3,5,7H2. The summed E-state index contributed by atoms with van der Waals surface area (Å²) in [6.07, 6.45) is 4.32. The Morgan fingerprint density at radius 2 is 2.00 bits per heavy atom. The van der Waals surface area contributed by atoms with Crippen LogP contribution in [-0.4, -0.2) is 11.2 Å². The highest BCUT2D eigenvalue weighted by atomic mass is 19.2. The number of benzene rings is 1. The van der Waals surface area contributed by atoms with Crippen LogP contribution in [0.5, 0.6) is 0 Å². The van der Waals surface area contributed by atoms with Gasteiger partial charge in [0.2, 0.25) is 0 Å². The van der Waals surface area contributed by atoms with E-state index in [0.717, 1.165) is 30.9 Å². The van der Waals surface area contributed by atoms with Crippen molar-refractivity contribution in [2.45, 2.75) is 38.2 Å². The van der Waals surface area contributed by atoms with Crippen molar-refractivity contribution in [2.24, 2.45) is 5.92 Å². The fraction of sp³-hybridized carbons (Fsp3) is 0.538. The minimum Gasteiger partial charge on any atom is -0.393 e. The third kappa shape index (κ3) is 3.27. The molecule has 2 rings (SSSR count). The van der Waals surface area contributed by atoms with Gasteiger partial charge in [0.15, 0.2) is 11.6 Å². The molecule has 0 saturated heterocycles. The molecule has 1 saturated carbocycles. The van der Waals surface area contributed by atoms with E-state index in [9.17, 15) is 13.9 Å². The second-order valence-corrected chi connectivity index (χ2v) is 4.63. The van der Waals surface area contributed by atoms with Crippen LogP contribution in [0, 0.1) is 17.6 Å². The molecule has 1 aliphatic rings. The molecule has 1 nitrogen and oxygen atoms in total. The molecule has 0 heterocycles. The molecule has 16 heavy (non-hydrogen) atoms.